The highest BCUT2D eigenvalue weighted by atomic mass is 19.1. The second kappa shape index (κ2) is 8.82. The number of hydrogen-bond donors (Lipinski definition) is 2. The first kappa shape index (κ1) is 19.1. The van der Waals surface area contributed by atoms with Crippen LogP contribution in [-0.4, -0.2) is 57.5 Å². The second-order valence-corrected chi connectivity index (χ2v) is 8.97. The van der Waals surface area contributed by atoms with E-state index in [-0.39, 0.29) is 19.4 Å². The number of nitrogens with one attached hydrogen (secondary N) is 1. The summed E-state index contributed by atoms with van der Waals surface area (Å²) >= 11 is 0. The molecule has 1 fully saturated rings. The number of rotatable bonds is 3. The maximum atomic E-state index is 14.1. The van der Waals surface area contributed by atoms with Crippen LogP contribution in [0.5, 0.6) is 5.75 Å². The van der Waals surface area contributed by atoms with Crippen molar-refractivity contribution >= 4 is 17.7 Å². The molecule has 2 aromatic rings. The van der Waals surface area contributed by atoms with Crippen LogP contribution in [0.15, 0.2) is 28.3 Å². The number of fused-ring (bicyclic) bond motifs is 5. The molecule has 3 aliphatic heterocycles. The van der Waals surface area contributed by atoms with Crippen molar-refractivity contribution in [3.63, 3.8) is 0 Å². The molecule has 1 saturated heterocycles. The minimum Gasteiger partial charge on any atom is -0.503 e. The summed E-state index contributed by atoms with van der Waals surface area (Å²) in [6.45, 7) is 0.587. The topological polar surface area (TPSA) is 122 Å². The van der Waals surface area contributed by atoms with Crippen LogP contribution in [0.2, 0.25) is 0 Å². The quantitative estimate of drug-likeness (QED) is 0.634. The minimum atomic E-state index is -3.08. The predicted molar refractivity (Wildman–Crippen MR) is 121 cm³/mol. The van der Waals surface area contributed by atoms with Crippen LogP contribution in [0, 0.1) is 17.5 Å². The normalized spacial score (nSPS) is 28.0. The number of oxime groups is 1. The number of carbonyl (C=O) groups is 2. The van der Waals surface area contributed by atoms with E-state index in [9.17, 15) is 32.7 Å². The number of halogens is 3. The number of hydrogen-bond acceptors (Lipinski definition) is 7. The lowest BCUT2D eigenvalue weighted by molar-refractivity contribution is -0.0655. The van der Waals surface area contributed by atoms with Crippen LogP contribution >= 0.6 is 0 Å². The Hall–Kier alpha value is -4.03. The number of ether oxygens (including phenoxy) is 1. The molecular weight excluding hydrogens is 497 g/mol. The lowest BCUT2D eigenvalue weighted by Gasteiger charge is -2.41. The molecule has 1 spiro atoms. The van der Waals surface area contributed by atoms with Gasteiger partial charge in [0.2, 0.25) is 11.3 Å². The Labute approximate surface area is 215 Å². The summed E-state index contributed by atoms with van der Waals surface area (Å²) < 4.78 is 86.9. The Bertz CT molecular complexity index is 1580. The van der Waals surface area contributed by atoms with Gasteiger partial charge in [-0.15, -0.1) is 0 Å². The smallest absolute Gasteiger partial charge is 0.274 e. The van der Waals surface area contributed by atoms with Crippen molar-refractivity contribution < 1.29 is 44.3 Å². The Balaban J connectivity index is 1.59. The zero-order valence-corrected chi connectivity index (χ0v) is 19.2. The molecule has 5 rings (SSSR count). The van der Waals surface area contributed by atoms with E-state index in [0.717, 1.165) is 10.8 Å². The van der Waals surface area contributed by atoms with Gasteiger partial charge >= 0.3 is 0 Å². The van der Waals surface area contributed by atoms with Gasteiger partial charge in [0.1, 0.15) is 23.0 Å². The summed E-state index contributed by atoms with van der Waals surface area (Å²) in [5.74, 6) is -7.84. The molecule has 0 unspecified atom stereocenters. The third kappa shape index (κ3) is 3.89. The average Bonchev–Trinajstić information content (AvgIpc) is 3.03. The highest BCUT2D eigenvalue weighted by Gasteiger charge is 2.54. The van der Waals surface area contributed by atoms with Crippen LogP contribution in [0.25, 0.3) is 0 Å². The van der Waals surface area contributed by atoms with E-state index in [1.165, 1.54) is 4.90 Å². The third-order valence-electron chi connectivity index (χ3n) is 6.87. The third-order valence-corrected chi connectivity index (χ3v) is 6.87. The molecule has 0 saturated carbocycles. The van der Waals surface area contributed by atoms with E-state index in [0.29, 0.717) is 12.1 Å². The summed E-state index contributed by atoms with van der Waals surface area (Å²) in [6, 6.07) is -1.03. The molecule has 3 aliphatic rings. The number of nitrogens with zero attached hydrogens (tertiary/aromatic N) is 3. The number of carbonyl (C=O) groups excluding carboxylic acids is 2. The molecule has 3 atom stereocenters. The van der Waals surface area contributed by atoms with Crippen molar-refractivity contribution in [2.24, 2.45) is 5.16 Å². The minimum absolute atomic E-state index is 0.135. The highest BCUT2D eigenvalue weighted by Crippen LogP contribution is 2.46. The SMILES string of the molecule is [2H]C([2H])([2H])OC1=NO[C@@]2(CC[C@H](C)N3C[C@H]2n2cc(C(=O)NCc4c(F)cc(F)cc4F)c(=O)c(O)c2C3=O)C1([2H])[2H]. The molecule has 1 aromatic heterocycles. The molecule has 2 bridgehead atoms. The van der Waals surface area contributed by atoms with E-state index in [2.05, 4.69) is 10.5 Å². The molecule has 0 radical (unpaired) electrons. The number of pyridine rings is 1. The van der Waals surface area contributed by atoms with Gasteiger partial charge in [0.15, 0.2) is 17.0 Å². The molecule has 13 heteroatoms. The van der Waals surface area contributed by atoms with Crippen molar-refractivity contribution in [3.05, 3.63) is 62.8 Å². The Morgan fingerprint density at radius 3 is 2.81 bits per heavy atom. The zero-order chi connectivity index (χ0) is 30.9. The molecule has 1 aromatic carbocycles. The fourth-order valence-corrected chi connectivity index (χ4v) is 4.88. The van der Waals surface area contributed by atoms with Crippen molar-refractivity contribution in [2.45, 2.75) is 50.4 Å². The maximum absolute atomic E-state index is 14.1. The second-order valence-electron chi connectivity index (χ2n) is 8.97. The van der Waals surface area contributed by atoms with Crippen LogP contribution in [0.4, 0.5) is 13.2 Å². The number of aromatic hydroxyl groups is 1. The van der Waals surface area contributed by atoms with E-state index in [1.807, 2.05) is 0 Å². The van der Waals surface area contributed by atoms with Gasteiger partial charge in [-0.3, -0.25) is 14.4 Å². The first-order valence-electron chi connectivity index (χ1n) is 13.6. The van der Waals surface area contributed by atoms with Gasteiger partial charge in [-0.1, -0.05) is 5.16 Å². The predicted octanol–water partition coefficient (Wildman–Crippen LogP) is 2.20. The zero-order valence-electron chi connectivity index (χ0n) is 24.2. The highest BCUT2D eigenvalue weighted by molar-refractivity contribution is 5.99. The number of methoxy groups -OCH3 is 1. The van der Waals surface area contributed by atoms with Crippen molar-refractivity contribution in [1.82, 2.24) is 14.8 Å². The molecule has 37 heavy (non-hydrogen) atoms. The summed E-state index contributed by atoms with van der Waals surface area (Å²) in [6.07, 6.45) is -1.83. The van der Waals surface area contributed by atoms with Gasteiger partial charge in [0.25, 0.3) is 11.8 Å². The van der Waals surface area contributed by atoms with Crippen LogP contribution in [-0.2, 0) is 16.1 Å². The molecule has 2 amide bonds. The molecule has 0 aliphatic carbocycles. The summed E-state index contributed by atoms with van der Waals surface area (Å²) in [4.78, 5) is 46.3. The van der Waals surface area contributed by atoms with Crippen molar-refractivity contribution in [3.8, 4) is 5.75 Å². The average molecular weight is 525 g/mol. The summed E-state index contributed by atoms with van der Waals surface area (Å²) in [5.41, 5.74) is -5.39. The van der Waals surface area contributed by atoms with Gasteiger partial charge < -0.3 is 29.5 Å². The Morgan fingerprint density at radius 2 is 2.11 bits per heavy atom. The van der Waals surface area contributed by atoms with Crippen LogP contribution in [0.3, 0.4) is 0 Å². The largest absolute Gasteiger partial charge is 0.503 e. The van der Waals surface area contributed by atoms with Gasteiger partial charge in [-0.2, -0.15) is 0 Å². The monoisotopic (exact) mass is 525 g/mol. The lowest BCUT2D eigenvalue weighted by atomic mass is 9.85. The lowest BCUT2D eigenvalue weighted by Crippen LogP contribution is -2.52. The van der Waals surface area contributed by atoms with E-state index in [4.69, 9.17) is 16.4 Å². The Morgan fingerprint density at radius 1 is 1.38 bits per heavy atom. The first-order valence-corrected chi connectivity index (χ1v) is 11.1. The van der Waals surface area contributed by atoms with Crippen molar-refractivity contribution in [1.29, 1.82) is 0 Å². The summed E-state index contributed by atoms with van der Waals surface area (Å²) in [7, 11) is -3.08. The van der Waals surface area contributed by atoms with Gasteiger partial charge in [-0.25, -0.2) is 13.2 Å². The van der Waals surface area contributed by atoms with Gasteiger partial charge in [0, 0.05) is 45.8 Å². The number of aromatic nitrogens is 1. The summed E-state index contributed by atoms with van der Waals surface area (Å²) in [5, 5.41) is 16.6. The van der Waals surface area contributed by atoms with Crippen LogP contribution in [0.1, 0.15) is 65.4 Å². The molecule has 2 N–H and O–H groups in total. The molecule has 196 valence electrons. The van der Waals surface area contributed by atoms with Crippen molar-refractivity contribution in [2.75, 3.05) is 13.6 Å². The van der Waals surface area contributed by atoms with E-state index >= 15 is 0 Å². The van der Waals surface area contributed by atoms with E-state index < -0.39 is 101 Å². The van der Waals surface area contributed by atoms with Gasteiger partial charge in [0.05, 0.1) is 23.6 Å². The number of benzene rings is 1. The molecule has 10 nitrogen and oxygen atoms in total. The first-order chi connectivity index (χ1) is 19.5. The maximum Gasteiger partial charge on any atom is 0.274 e. The molecule has 4 heterocycles. The van der Waals surface area contributed by atoms with Crippen LogP contribution < -0.4 is 10.7 Å². The standard InChI is InChI=1S/C24H23F3N4O6/c1-11-3-4-24(7-18(36-2)29-37-24)17-10-30(11)23(35)19-21(33)20(32)14(9-31(17)19)22(34)28-8-13-15(26)5-12(25)6-16(13)27/h5-6,9,11,17,33H,3-4,7-8,10H2,1-2H3,(H,28,34)/t11-,17+,24-/m0/s1/i2D3,7D2. The fraction of sp³-hybridized carbons (Fsp3) is 0.417. The fourth-order valence-electron chi connectivity index (χ4n) is 4.88. The molecular formula is C24H23F3N4O6. The number of amides is 2. The Kier molecular flexibility index (Phi) is 4.56. The van der Waals surface area contributed by atoms with E-state index in [1.54, 1.807) is 6.92 Å². The van der Waals surface area contributed by atoms with Gasteiger partial charge in [-0.05, 0) is 19.8 Å².